The molecule has 0 bridgehead atoms. The van der Waals surface area contributed by atoms with Crippen molar-refractivity contribution >= 4 is 59.0 Å². The molecule has 2 aliphatic rings. The van der Waals surface area contributed by atoms with Crippen LogP contribution in [0.25, 0.3) is 0 Å². The lowest BCUT2D eigenvalue weighted by atomic mass is 10.1. The van der Waals surface area contributed by atoms with Gasteiger partial charge in [-0.1, -0.05) is 17.7 Å². The van der Waals surface area contributed by atoms with Gasteiger partial charge in [-0.25, -0.2) is 4.99 Å². The monoisotopic (exact) mass is 537 g/mol. The van der Waals surface area contributed by atoms with E-state index in [9.17, 15) is 0 Å². The first-order valence-electron chi connectivity index (χ1n) is 10.0. The van der Waals surface area contributed by atoms with Crippen LogP contribution < -0.4 is 15.5 Å². The van der Waals surface area contributed by atoms with E-state index in [4.69, 9.17) is 16.6 Å². The number of rotatable bonds is 6. The lowest BCUT2D eigenvalue weighted by Gasteiger charge is -2.35. The Morgan fingerprint density at radius 1 is 1.25 bits per heavy atom. The number of likely N-dealkylation sites (N-methyl/N-ethyl adjacent to an activating group) is 1. The molecule has 0 radical (unpaired) electrons. The molecule has 0 amide bonds. The molecule has 3 rings (SSSR count). The van der Waals surface area contributed by atoms with Crippen LogP contribution in [0.15, 0.2) is 23.2 Å². The maximum atomic E-state index is 6.57. The predicted molar refractivity (Wildman–Crippen MR) is 135 cm³/mol. The Kier molecular flexibility index (Phi) is 10.5. The summed E-state index contributed by atoms with van der Waals surface area (Å²) in [6.45, 7) is 8.76. The summed E-state index contributed by atoms with van der Waals surface area (Å²) in [7, 11) is 2.18. The van der Waals surface area contributed by atoms with Crippen molar-refractivity contribution in [3.8, 4) is 0 Å². The predicted octanol–water partition coefficient (Wildman–Crippen LogP) is 3.66. The topological polar surface area (TPSA) is 42.9 Å². The Labute approximate surface area is 196 Å². The van der Waals surface area contributed by atoms with Crippen LogP contribution in [0.3, 0.4) is 0 Å². The standard InChI is InChI=1S/C20H32ClN5S.HI/c1-3-22-20(23-14-16-6-5-13-27-16)24-15-17-18(21)7-4-8-19(17)26-11-9-25(2)10-12-26;/h4,7-8,16H,3,5-6,9-15H2,1-2H3,(H2,22,23,24);1H. The van der Waals surface area contributed by atoms with E-state index in [0.717, 1.165) is 55.8 Å². The van der Waals surface area contributed by atoms with Crippen LogP contribution in [0, 0.1) is 0 Å². The highest BCUT2D eigenvalue weighted by molar-refractivity contribution is 14.0. The zero-order chi connectivity index (χ0) is 19.1. The van der Waals surface area contributed by atoms with Gasteiger partial charge in [0.15, 0.2) is 5.96 Å². The Morgan fingerprint density at radius 2 is 2.04 bits per heavy atom. The molecule has 0 aliphatic carbocycles. The first-order chi connectivity index (χ1) is 13.2. The summed E-state index contributed by atoms with van der Waals surface area (Å²) in [5.41, 5.74) is 2.35. The highest BCUT2D eigenvalue weighted by Crippen LogP contribution is 2.29. The summed E-state index contributed by atoms with van der Waals surface area (Å²) in [5.74, 6) is 2.17. The molecule has 5 nitrogen and oxygen atoms in total. The summed E-state index contributed by atoms with van der Waals surface area (Å²) in [4.78, 5) is 9.64. The first-order valence-corrected chi connectivity index (χ1v) is 11.4. The van der Waals surface area contributed by atoms with Gasteiger partial charge in [0, 0.05) is 60.8 Å². The average molecular weight is 538 g/mol. The van der Waals surface area contributed by atoms with Gasteiger partial charge < -0.3 is 20.4 Å². The van der Waals surface area contributed by atoms with Gasteiger partial charge in [-0.2, -0.15) is 11.8 Å². The highest BCUT2D eigenvalue weighted by atomic mass is 127. The molecule has 0 saturated carbocycles. The van der Waals surface area contributed by atoms with E-state index < -0.39 is 0 Å². The molecular weight excluding hydrogens is 505 g/mol. The maximum Gasteiger partial charge on any atom is 0.191 e. The van der Waals surface area contributed by atoms with E-state index in [2.05, 4.69) is 52.2 Å². The van der Waals surface area contributed by atoms with Gasteiger partial charge in [-0.3, -0.25) is 0 Å². The van der Waals surface area contributed by atoms with Crippen LogP contribution in [0.4, 0.5) is 5.69 Å². The second-order valence-corrected chi connectivity index (χ2v) is 9.05. The van der Waals surface area contributed by atoms with Crippen molar-refractivity contribution in [2.75, 3.05) is 57.0 Å². The Morgan fingerprint density at radius 3 is 2.71 bits per heavy atom. The number of anilines is 1. The molecule has 2 N–H and O–H groups in total. The van der Waals surface area contributed by atoms with Crippen LogP contribution >= 0.6 is 47.3 Å². The molecule has 1 aromatic carbocycles. The van der Waals surface area contributed by atoms with Crippen LogP contribution in [0.5, 0.6) is 0 Å². The summed E-state index contributed by atoms with van der Waals surface area (Å²) >= 11 is 8.63. The zero-order valence-electron chi connectivity index (χ0n) is 16.9. The fraction of sp³-hybridized carbons (Fsp3) is 0.650. The number of hydrogen-bond acceptors (Lipinski definition) is 4. The maximum absolute atomic E-state index is 6.57. The minimum Gasteiger partial charge on any atom is -0.369 e. The molecule has 28 heavy (non-hydrogen) atoms. The summed E-state index contributed by atoms with van der Waals surface area (Å²) in [6, 6.07) is 6.20. The largest absolute Gasteiger partial charge is 0.369 e. The number of nitrogens with one attached hydrogen (secondary N) is 2. The highest BCUT2D eigenvalue weighted by Gasteiger charge is 2.19. The fourth-order valence-corrected chi connectivity index (χ4v) is 4.99. The number of piperazine rings is 1. The van der Waals surface area contributed by atoms with Crippen molar-refractivity contribution in [2.45, 2.75) is 31.6 Å². The fourth-order valence-electron chi connectivity index (χ4n) is 3.56. The molecule has 1 unspecified atom stereocenters. The number of hydrogen-bond donors (Lipinski definition) is 2. The van der Waals surface area contributed by atoms with Gasteiger partial charge in [-0.15, -0.1) is 24.0 Å². The molecule has 0 aromatic heterocycles. The van der Waals surface area contributed by atoms with Crippen molar-refractivity contribution in [1.82, 2.24) is 15.5 Å². The molecule has 2 saturated heterocycles. The Balaban J connectivity index is 0.00000280. The van der Waals surface area contributed by atoms with Crippen LogP contribution in [0.2, 0.25) is 5.02 Å². The third kappa shape index (κ3) is 6.85. The van der Waals surface area contributed by atoms with Crippen molar-refractivity contribution in [3.63, 3.8) is 0 Å². The van der Waals surface area contributed by atoms with Crippen molar-refractivity contribution in [2.24, 2.45) is 4.99 Å². The molecule has 158 valence electrons. The van der Waals surface area contributed by atoms with E-state index in [1.165, 1.54) is 24.3 Å². The number of aliphatic imine (C=N–C) groups is 1. The smallest absolute Gasteiger partial charge is 0.191 e. The molecular formula is C20H33ClIN5S. The number of halogens is 2. The molecule has 2 aliphatic heterocycles. The van der Waals surface area contributed by atoms with Crippen molar-refractivity contribution < 1.29 is 0 Å². The minimum absolute atomic E-state index is 0. The van der Waals surface area contributed by atoms with E-state index in [1.807, 2.05) is 12.1 Å². The molecule has 2 fully saturated rings. The molecule has 8 heteroatoms. The lowest BCUT2D eigenvalue weighted by Crippen LogP contribution is -2.44. The third-order valence-corrected chi connectivity index (χ3v) is 6.95. The second kappa shape index (κ2) is 12.3. The molecule has 1 atom stereocenters. The van der Waals surface area contributed by atoms with Crippen molar-refractivity contribution in [1.29, 1.82) is 0 Å². The number of benzene rings is 1. The van der Waals surface area contributed by atoms with Gasteiger partial charge >= 0.3 is 0 Å². The zero-order valence-corrected chi connectivity index (χ0v) is 20.8. The number of guanidine groups is 1. The Hall–Kier alpha value is -0.380. The van der Waals surface area contributed by atoms with Gasteiger partial charge in [0.2, 0.25) is 0 Å². The summed E-state index contributed by atoms with van der Waals surface area (Å²) in [5, 5.41) is 8.39. The van der Waals surface area contributed by atoms with Crippen molar-refractivity contribution in [3.05, 3.63) is 28.8 Å². The van der Waals surface area contributed by atoms with E-state index in [0.29, 0.717) is 11.8 Å². The first kappa shape index (κ1) is 23.9. The second-order valence-electron chi connectivity index (χ2n) is 7.24. The quantitative estimate of drug-likeness (QED) is 0.329. The van der Waals surface area contributed by atoms with Gasteiger partial charge in [0.1, 0.15) is 0 Å². The summed E-state index contributed by atoms with van der Waals surface area (Å²) in [6.07, 6.45) is 2.63. The van der Waals surface area contributed by atoms with Gasteiger partial charge in [0.25, 0.3) is 0 Å². The van der Waals surface area contributed by atoms with Crippen LogP contribution in [0.1, 0.15) is 25.3 Å². The minimum atomic E-state index is 0. The number of thioether (sulfide) groups is 1. The summed E-state index contributed by atoms with van der Waals surface area (Å²) < 4.78 is 0. The van der Waals surface area contributed by atoms with Crippen LogP contribution in [-0.2, 0) is 6.54 Å². The van der Waals surface area contributed by atoms with E-state index in [-0.39, 0.29) is 24.0 Å². The molecule has 2 heterocycles. The van der Waals surface area contributed by atoms with E-state index in [1.54, 1.807) is 0 Å². The molecule has 0 spiro atoms. The van der Waals surface area contributed by atoms with E-state index >= 15 is 0 Å². The van der Waals surface area contributed by atoms with Crippen LogP contribution in [-0.4, -0.2) is 68.2 Å². The number of nitrogens with zero attached hydrogens (tertiary/aromatic N) is 3. The third-order valence-electron chi connectivity index (χ3n) is 5.20. The molecule has 1 aromatic rings. The van der Waals surface area contributed by atoms with Gasteiger partial charge in [-0.05, 0) is 44.7 Å². The normalized spacial score (nSPS) is 20.8. The average Bonchev–Trinajstić information content (AvgIpc) is 3.19. The lowest BCUT2D eigenvalue weighted by molar-refractivity contribution is 0.312. The SMILES string of the molecule is CCNC(=NCc1c(Cl)cccc1N1CCN(C)CC1)NCC1CCCS1.I. The Bertz CT molecular complexity index is 631. The van der Waals surface area contributed by atoms with Gasteiger partial charge in [0.05, 0.1) is 6.54 Å².